The van der Waals surface area contributed by atoms with Gasteiger partial charge >= 0.3 is 0 Å². The van der Waals surface area contributed by atoms with E-state index in [1.165, 1.54) is 11.1 Å². The Kier molecular flexibility index (Phi) is 24.0. The molecule has 1 amide bonds. The molecule has 0 atom stereocenters. The van der Waals surface area contributed by atoms with Crippen molar-refractivity contribution >= 4 is 23.4 Å². The average molecular weight is 741 g/mol. The van der Waals surface area contributed by atoms with Crippen LogP contribution in [0.25, 0.3) is 16.5 Å². The molecule has 3 aromatic carbocycles. The highest BCUT2D eigenvalue weighted by Gasteiger charge is 2.19. The van der Waals surface area contributed by atoms with Gasteiger partial charge in [0.25, 0.3) is 5.91 Å². The van der Waals surface area contributed by atoms with Crippen molar-refractivity contribution in [1.82, 2.24) is 4.90 Å². The molecule has 0 radical (unpaired) electrons. The maximum absolute atomic E-state index is 12.4. The number of nitrogens with zero attached hydrogens (tertiary/aromatic N) is 3. The molecule has 0 aliphatic carbocycles. The number of benzene rings is 3. The van der Waals surface area contributed by atoms with Gasteiger partial charge in [-0.1, -0.05) is 72.5 Å². The summed E-state index contributed by atoms with van der Waals surface area (Å²) in [5.41, 5.74) is 23.8. The molecule has 1 aliphatic heterocycles. The van der Waals surface area contributed by atoms with Crippen molar-refractivity contribution in [2.75, 3.05) is 24.1 Å². The monoisotopic (exact) mass is 740 g/mol. The van der Waals surface area contributed by atoms with Crippen LogP contribution in [0.1, 0.15) is 46.7 Å². The van der Waals surface area contributed by atoms with Crippen LogP contribution in [0.15, 0.2) is 84.4 Å². The summed E-state index contributed by atoms with van der Waals surface area (Å²) in [6, 6.07) is 25.4. The largest absolute Gasteiger partial charge is 0.412 e. The Balaban J connectivity index is -0.000000137. The highest BCUT2D eigenvalue weighted by molar-refractivity contribution is 6.05. The van der Waals surface area contributed by atoms with Crippen LogP contribution in [0.5, 0.6) is 0 Å². The average Bonchev–Trinajstić information content (AvgIpc) is 3.18. The third kappa shape index (κ3) is 20.7. The zero-order valence-corrected chi connectivity index (χ0v) is 30.5. The third-order valence-corrected chi connectivity index (χ3v) is 6.29. The fourth-order valence-electron chi connectivity index (χ4n) is 4.03. The van der Waals surface area contributed by atoms with Crippen molar-refractivity contribution in [1.29, 1.82) is 5.53 Å². The minimum absolute atomic E-state index is 0. The molecule has 6 N–H and O–H groups in total. The van der Waals surface area contributed by atoms with Crippen LogP contribution in [0.3, 0.4) is 0 Å². The minimum atomic E-state index is -0.158. The Bertz CT molecular complexity index is 2560. The molecular weight excluding hydrogens is 693 g/mol. The van der Waals surface area contributed by atoms with Crippen molar-refractivity contribution in [2.45, 2.75) is 20.4 Å². The predicted molar refractivity (Wildman–Crippen MR) is 242 cm³/mol. The second-order valence-corrected chi connectivity index (χ2v) is 10.2. The first kappa shape index (κ1) is 45.1. The normalized spacial score (nSPS) is 8.64. The molecular formula is C48H48N6O2. The van der Waals surface area contributed by atoms with Crippen molar-refractivity contribution in [3.63, 3.8) is 0 Å². The lowest BCUT2D eigenvalue weighted by atomic mass is 10.0. The number of para-hydroxylation sites is 2. The molecule has 0 saturated carbocycles. The maximum atomic E-state index is 12.4. The van der Waals surface area contributed by atoms with E-state index in [0.717, 1.165) is 25.2 Å². The Labute approximate surface area is 341 Å². The van der Waals surface area contributed by atoms with Crippen LogP contribution in [-0.2, 0) is 6.54 Å². The molecule has 56 heavy (non-hydrogen) atoms. The van der Waals surface area contributed by atoms with Crippen molar-refractivity contribution in [2.24, 2.45) is 0 Å². The van der Waals surface area contributed by atoms with Crippen LogP contribution in [0.4, 0.5) is 11.4 Å². The molecule has 0 bridgehead atoms. The van der Waals surface area contributed by atoms with Crippen LogP contribution >= 0.6 is 0 Å². The standard InChI is InChI=1S/C24H23N3O.C24H6.HN3.H2O.8H2/c25-22-8-4-5-9-23(22)26-24(28)21-12-10-18(11-13-21)14-20-16-27(17-20)15-19-6-2-1-3-7-19;1-3-5-7-9-11-13-15-17-19-21-23-24-22-20-18-16-14-12-10-8-6-4-2;1-3-2;;;;;;;;;/h1-14H,15-17,25H2,(H,26,28);1-2H3;1H;1H2;8*1H. The van der Waals surface area contributed by atoms with Crippen LogP contribution in [0.2, 0.25) is 0 Å². The summed E-state index contributed by atoms with van der Waals surface area (Å²) >= 11 is 0. The lowest BCUT2D eigenvalue weighted by Gasteiger charge is -2.34. The lowest BCUT2D eigenvalue weighted by Crippen LogP contribution is -2.39. The summed E-state index contributed by atoms with van der Waals surface area (Å²) in [7, 11) is 0. The molecule has 1 aliphatic rings. The summed E-state index contributed by atoms with van der Waals surface area (Å²) in [6.07, 6.45) is 2.21. The van der Waals surface area contributed by atoms with E-state index >= 15 is 0 Å². The fourth-order valence-corrected chi connectivity index (χ4v) is 4.03. The number of carbonyl (C=O) groups is 1. The zero-order valence-electron chi connectivity index (χ0n) is 30.5. The topological polar surface area (TPSA) is 150 Å². The number of nitrogens with one attached hydrogen (secondary N) is 2. The van der Waals surface area contributed by atoms with Gasteiger partial charge in [-0.15, -0.1) is 5.53 Å². The Morgan fingerprint density at radius 1 is 0.696 bits per heavy atom. The summed E-state index contributed by atoms with van der Waals surface area (Å²) in [5, 5.41) is 2.85. The van der Waals surface area contributed by atoms with E-state index in [9.17, 15) is 4.79 Å². The van der Waals surface area contributed by atoms with Crippen LogP contribution < -0.4 is 11.1 Å². The third-order valence-electron chi connectivity index (χ3n) is 6.29. The fraction of sp³-hybridized carbons (Fsp3) is 0.104. The molecule has 0 spiro atoms. The first-order chi connectivity index (χ1) is 27.0. The van der Waals surface area contributed by atoms with Gasteiger partial charge in [0.15, 0.2) is 0 Å². The SMILES string of the molecule is CC#CC#CC#CC#CC#CC#CC#CC#CC#CC#CC#CC.Nc1ccccc1NC(=O)c1ccc(C=C2CN(Cc3ccccc3)C2)cc1.O.[HH].[HH].[HH].[HH].[HH].[HH].[HH].[HH].[N-]=[N+]=N. The Hall–Kier alpha value is -8.94. The quantitative estimate of drug-likeness (QED) is 0.0817. The van der Waals surface area contributed by atoms with Gasteiger partial charge in [-0.05, 0) is 160 Å². The molecule has 282 valence electrons. The summed E-state index contributed by atoms with van der Waals surface area (Å²) < 4.78 is 0. The van der Waals surface area contributed by atoms with Gasteiger partial charge in [0.1, 0.15) is 0 Å². The van der Waals surface area contributed by atoms with Gasteiger partial charge < -0.3 is 16.5 Å². The van der Waals surface area contributed by atoms with Crippen LogP contribution in [0, 0.1) is 136 Å². The highest BCUT2D eigenvalue weighted by atomic mass is 16.1. The molecule has 0 unspecified atom stereocenters. The number of likely N-dealkylation sites (tertiary alicyclic amines) is 1. The summed E-state index contributed by atoms with van der Waals surface area (Å²) in [4.78, 5) is 16.6. The first-order valence-electron chi connectivity index (χ1n) is 16.1. The van der Waals surface area contributed by atoms with Gasteiger partial charge in [-0.3, -0.25) is 9.69 Å². The predicted octanol–water partition coefficient (Wildman–Crippen LogP) is 7.50. The van der Waals surface area contributed by atoms with E-state index in [1.54, 1.807) is 30.9 Å². The molecule has 1 heterocycles. The van der Waals surface area contributed by atoms with E-state index in [-0.39, 0.29) is 22.8 Å². The van der Waals surface area contributed by atoms with E-state index in [4.69, 9.17) is 16.8 Å². The van der Waals surface area contributed by atoms with E-state index in [0.29, 0.717) is 16.9 Å². The number of hydrogen-bond donors (Lipinski definition) is 3. The van der Waals surface area contributed by atoms with Gasteiger partial charge in [0, 0.05) is 60.3 Å². The second kappa shape index (κ2) is 29.8. The van der Waals surface area contributed by atoms with Gasteiger partial charge in [-0.2, -0.15) is 0 Å². The summed E-state index contributed by atoms with van der Waals surface area (Å²) in [5.74, 6) is 55.4. The molecule has 8 nitrogen and oxygen atoms in total. The van der Waals surface area contributed by atoms with Crippen molar-refractivity contribution < 1.29 is 21.7 Å². The Morgan fingerprint density at radius 2 is 1.09 bits per heavy atom. The Morgan fingerprint density at radius 3 is 1.50 bits per heavy atom. The van der Waals surface area contributed by atoms with Gasteiger partial charge in [0.05, 0.1) is 11.4 Å². The van der Waals surface area contributed by atoms with Crippen LogP contribution in [-0.4, -0.2) is 29.4 Å². The number of rotatable bonds is 5. The van der Waals surface area contributed by atoms with E-state index < -0.39 is 0 Å². The van der Waals surface area contributed by atoms with Crippen molar-refractivity contribution in [3.05, 3.63) is 112 Å². The van der Waals surface area contributed by atoms with E-state index in [1.807, 2.05) is 42.5 Å². The van der Waals surface area contributed by atoms with E-state index in [2.05, 4.69) is 171 Å². The number of amides is 1. The number of carbonyl (C=O) groups excluding carboxylic acids is 1. The molecule has 1 fully saturated rings. The van der Waals surface area contributed by atoms with Crippen molar-refractivity contribution in [3.8, 4) is 130 Å². The maximum Gasteiger partial charge on any atom is 0.255 e. The molecule has 8 heteroatoms. The summed E-state index contributed by atoms with van der Waals surface area (Å²) in [6.45, 7) is 6.36. The molecule has 3 aromatic rings. The molecule has 0 aromatic heterocycles. The first-order valence-corrected chi connectivity index (χ1v) is 16.1. The lowest BCUT2D eigenvalue weighted by molar-refractivity contribution is 0.102. The number of nitrogens with two attached hydrogens (primary N) is 1. The zero-order chi connectivity index (χ0) is 39.6. The number of nitrogen functional groups attached to an aromatic ring is 1. The van der Waals surface area contributed by atoms with Gasteiger partial charge in [0.2, 0.25) is 0 Å². The smallest absolute Gasteiger partial charge is 0.255 e. The molecule has 1 saturated heterocycles. The molecule has 4 rings (SSSR count). The second-order valence-electron chi connectivity index (χ2n) is 10.2. The van der Waals surface area contributed by atoms with Gasteiger partial charge in [-0.25, -0.2) is 0 Å². The number of anilines is 2. The number of hydrogen-bond acceptors (Lipinski definition) is 4. The highest BCUT2D eigenvalue weighted by Crippen LogP contribution is 2.21. The minimum Gasteiger partial charge on any atom is -0.412 e.